The Balaban J connectivity index is 3.37. The normalized spacial score (nSPS) is 12.6. The van der Waals surface area contributed by atoms with Crippen LogP contribution in [0.2, 0.25) is 0 Å². The van der Waals surface area contributed by atoms with E-state index in [1.807, 2.05) is 6.08 Å². The molecule has 6 nitrogen and oxygen atoms in total. The van der Waals surface area contributed by atoms with Crippen molar-refractivity contribution in [3.63, 3.8) is 0 Å². The molecule has 3 N–H and O–H groups in total. The topological polar surface area (TPSA) is 95.9 Å². The predicted octanol–water partition coefficient (Wildman–Crippen LogP) is 28.2. The van der Waals surface area contributed by atoms with Crippen molar-refractivity contribution in [2.24, 2.45) is 0 Å². The molecule has 6 heteroatoms. The third-order valence-electron chi connectivity index (χ3n) is 19.9. The van der Waals surface area contributed by atoms with Crippen LogP contribution in [-0.4, -0.2) is 47.4 Å². The minimum absolute atomic E-state index is 0.0129. The van der Waals surface area contributed by atoms with Gasteiger partial charge in [-0.2, -0.15) is 0 Å². The molecule has 0 radical (unpaired) electrons. The molecule has 0 rings (SSSR count). The molecular formula is C86H165NO5. The molecule has 2 atom stereocenters. The standard InChI is InChI=1S/C86H165NO5/c1-3-5-7-9-11-13-15-17-19-20-21-22-23-35-38-41-44-47-51-54-58-62-66-70-74-78-84(89)83(82-88)87-85(90)79-75-71-67-63-59-55-52-48-45-42-39-36-33-31-29-27-25-24-26-28-30-32-34-37-40-43-46-49-53-57-61-65-69-73-77-81-92-86(91)80-76-72-68-64-60-56-50-18-16-14-12-10-8-6-4-2/h18,26,28,50,74,78,83-84,88-89H,3-17,19-25,27,29-49,51-73,75-77,79-82H2,1-2H3,(H,87,90)/b28-26-,50-18-,78-74+. The fourth-order valence-electron chi connectivity index (χ4n) is 13.5. The van der Waals surface area contributed by atoms with E-state index in [0.29, 0.717) is 19.4 Å². The highest BCUT2D eigenvalue weighted by Gasteiger charge is 2.18. The minimum Gasteiger partial charge on any atom is -0.466 e. The fourth-order valence-corrected chi connectivity index (χ4v) is 13.5. The zero-order chi connectivity index (χ0) is 66.3. The Labute approximate surface area is 576 Å². The van der Waals surface area contributed by atoms with E-state index in [9.17, 15) is 19.8 Å². The van der Waals surface area contributed by atoms with Crippen LogP contribution < -0.4 is 5.32 Å². The monoisotopic (exact) mass is 1290 g/mol. The molecular weight excluding hydrogens is 1130 g/mol. The number of esters is 1. The molecule has 0 aliphatic heterocycles. The summed E-state index contributed by atoms with van der Waals surface area (Å²) < 4.78 is 5.50. The Morgan fingerprint density at radius 1 is 0.293 bits per heavy atom. The van der Waals surface area contributed by atoms with Crippen LogP contribution in [0.4, 0.5) is 0 Å². The Hall–Kier alpha value is -1.92. The third kappa shape index (κ3) is 77.1. The van der Waals surface area contributed by atoms with E-state index in [4.69, 9.17) is 4.74 Å². The number of amides is 1. The van der Waals surface area contributed by atoms with Gasteiger partial charge in [-0.3, -0.25) is 9.59 Å². The van der Waals surface area contributed by atoms with Crippen molar-refractivity contribution in [2.75, 3.05) is 13.2 Å². The van der Waals surface area contributed by atoms with E-state index < -0.39 is 12.1 Å². The summed E-state index contributed by atoms with van der Waals surface area (Å²) in [5.74, 6) is -0.0460. The van der Waals surface area contributed by atoms with Crippen molar-refractivity contribution < 1.29 is 24.5 Å². The molecule has 0 aliphatic carbocycles. The van der Waals surface area contributed by atoms with Crippen molar-refractivity contribution in [2.45, 2.75) is 488 Å². The predicted molar refractivity (Wildman–Crippen MR) is 407 cm³/mol. The summed E-state index contributed by atoms with van der Waals surface area (Å²) in [6, 6.07) is -0.627. The molecule has 0 saturated carbocycles. The number of aliphatic hydroxyl groups is 2. The quantitative estimate of drug-likeness (QED) is 0.0320. The zero-order valence-corrected chi connectivity index (χ0v) is 62.6. The van der Waals surface area contributed by atoms with Crippen LogP contribution in [0.5, 0.6) is 0 Å². The molecule has 0 fully saturated rings. The van der Waals surface area contributed by atoms with Crippen molar-refractivity contribution in [1.29, 1.82) is 0 Å². The lowest BCUT2D eigenvalue weighted by Gasteiger charge is -2.20. The van der Waals surface area contributed by atoms with Gasteiger partial charge in [0.1, 0.15) is 0 Å². The van der Waals surface area contributed by atoms with Gasteiger partial charge < -0.3 is 20.3 Å². The van der Waals surface area contributed by atoms with E-state index >= 15 is 0 Å². The smallest absolute Gasteiger partial charge is 0.305 e. The second-order valence-corrected chi connectivity index (χ2v) is 29.2. The van der Waals surface area contributed by atoms with Crippen molar-refractivity contribution in [3.05, 3.63) is 36.5 Å². The third-order valence-corrected chi connectivity index (χ3v) is 19.9. The van der Waals surface area contributed by atoms with Gasteiger partial charge in [0, 0.05) is 12.8 Å². The SMILES string of the molecule is CCCCCCCC/C=C\CCCCCCCC(=O)OCCCCCCCCCCCCCCCC/C=C\CCCCCCCCCCCCCCCCCCCC(=O)NC(CO)C(O)/C=C/CCCCCCCCCCCCCCCCCCCCCCCCC. The number of hydrogen-bond donors (Lipinski definition) is 3. The van der Waals surface area contributed by atoms with Gasteiger partial charge in [0.15, 0.2) is 0 Å². The number of carbonyl (C=O) groups excluding carboxylic acids is 2. The van der Waals surface area contributed by atoms with Crippen LogP contribution in [0.15, 0.2) is 36.5 Å². The number of aliphatic hydroxyl groups excluding tert-OH is 2. The first-order valence-electron chi connectivity index (χ1n) is 42.3. The van der Waals surface area contributed by atoms with E-state index in [1.54, 1.807) is 6.08 Å². The van der Waals surface area contributed by atoms with Crippen molar-refractivity contribution in [3.8, 4) is 0 Å². The Kier molecular flexibility index (Phi) is 79.8. The number of nitrogens with one attached hydrogen (secondary N) is 1. The van der Waals surface area contributed by atoms with E-state index in [1.165, 1.54) is 405 Å². The Morgan fingerprint density at radius 2 is 0.511 bits per heavy atom. The van der Waals surface area contributed by atoms with Crippen LogP contribution in [-0.2, 0) is 14.3 Å². The number of allylic oxidation sites excluding steroid dienone is 5. The molecule has 0 aromatic heterocycles. The van der Waals surface area contributed by atoms with Crippen LogP contribution in [0.3, 0.4) is 0 Å². The lowest BCUT2D eigenvalue weighted by molar-refractivity contribution is -0.143. The summed E-state index contributed by atoms with van der Waals surface area (Å²) in [7, 11) is 0. The molecule has 2 unspecified atom stereocenters. The number of ether oxygens (including phenoxy) is 1. The molecule has 544 valence electrons. The first-order valence-corrected chi connectivity index (χ1v) is 42.3. The summed E-state index contributed by atoms with van der Waals surface area (Å²) in [5.41, 5.74) is 0. The van der Waals surface area contributed by atoms with Gasteiger partial charge >= 0.3 is 5.97 Å². The first-order chi connectivity index (χ1) is 45.5. The van der Waals surface area contributed by atoms with Gasteiger partial charge in [-0.15, -0.1) is 0 Å². The number of unbranched alkanes of at least 4 members (excludes halogenated alkanes) is 65. The molecule has 1 amide bonds. The summed E-state index contributed by atoms with van der Waals surface area (Å²) >= 11 is 0. The maximum atomic E-state index is 12.6. The molecule has 0 aromatic carbocycles. The van der Waals surface area contributed by atoms with Gasteiger partial charge in [-0.25, -0.2) is 0 Å². The number of hydrogen-bond acceptors (Lipinski definition) is 5. The highest BCUT2D eigenvalue weighted by molar-refractivity contribution is 5.76. The summed E-state index contributed by atoms with van der Waals surface area (Å²) in [6.45, 7) is 4.95. The lowest BCUT2D eigenvalue weighted by atomic mass is 10.0. The maximum absolute atomic E-state index is 12.6. The molecule has 0 bridgehead atoms. The first kappa shape index (κ1) is 90.1. The highest BCUT2D eigenvalue weighted by Crippen LogP contribution is 2.20. The van der Waals surface area contributed by atoms with Crippen LogP contribution in [0.1, 0.15) is 476 Å². The minimum atomic E-state index is -0.844. The summed E-state index contributed by atoms with van der Waals surface area (Å²) in [6.07, 6.45) is 107. The second-order valence-electron chi connectivity index (χ2n) is 29.2. The van der Waals surface area contributed by atoms with Gasteiger partial charge in [-0.05, 0) is 83.5 Å². The van der Waals surface area contributed by atoms with Crippen molar-refractivity contribution >= 4 is 11.9 Å². The van der Waals surface area contributed by atoms with E-state index in [2.05, 4.69) is 43.5 Å². The average Bonchev–Trinajstić information content (AvgIpc) is 3.57. The van der Waals surface area contributed by atoms with Crippen LogP contribution in [0, 0.1) is 0 Å². The second kappa shape index (κ2) is 81.5. The Morgan fingerprint density at radius 3 is 0.772 bits per heavy atom. The maximum Gasteiger partial charge on any atom is 0.305 e. The van der Waals surface area contributed by atoms with Gasteiger partial charge in [0.25, 0.3) is 0 Å². The molecule has 0 spiro atoms. The lowest BCUT2D eigenvalue weighted by Crippen LogP contribution is -2.45. The summed E-state index contributed by atoms with van der Waals surface area (Å²) in [4.78, 5) is 24.7. The van der Waals surface area contributed by atoms with Crippen LogP contribution in [0.25, 0.3) is 0 Å². The largest absolute Gasteiger partial charge is 0.466 e. The average molecular weight is 1290 g/mol. The van der Waals surface area contributed by atoms with Gasteiger partial charge in [0.05, 0.1) is 25.4 Å². The van der Waals surface area contributed by atoms with Gasteiger partial charge in [0.2, 0.25) is 5.91 Å². The van der Waals surface area contributed by atoms with E-state index in [0.717, 1.165) is 44.9 Å². The van der Waals surface area contributed by atoms with Crippen molar-refractivity contribution in [1.82, 2.24) is 5.32 Å². The molecule has 0 aromatic rings. The zero-order valence-electron chi connectivity index (χ0n) is 62.6. The summed E-state index contributed by atoms with van der Waals surface area (Å²) in [5, 5.41) is 23.3. The van der Waals surface area contributed by atoms with E-state index in [-0.39, 0.29) is 18.5 Å². The fraction of sp³-hybridized carbons (Fsp3) is 0.907. The molecule has 0 aliphatic rings. The Bertz CT molecular complexity index is 1490. The highest BCUT2D eigenvalue weighted by atomic mass is 16.5. The molecule has 92 heavy (non-hydrogen) atoms. The van der Waals surface area contributed by atoms with Crippen LogP contribution >= 0.6 is 0 Å². The molecule has 0 heterocycles. The van der Waals surface area contributed by atoms with Gasteiger partial charge in [-0.1, -0.05) is 416 Å². The molecule has 0 saturated heterocycles. The number of rotatable bonds is 80. The number of carbonyl (C=O) groups is 2.